The van der Waals surface area contributed by atoms with Gasteiger partial charge in [0.2, 0.25) is 0 Å². The number of aromatic hydroxyl groups is 2. The number of nitrogens with zero attached hydrogens (tertiary/aromatic N) is 2. The van der Waals surface area contributed by atoms with Crippen molar-refractivity contribution in [2.24, 2.45) is 0 Å². The first-order valence-electron chi connectivity index (χ1n) is 6.77. The third-order valence-electron chi connectivity index (χ3n) is 3.70. The molecule has 120 valence electrons. The zero-order valence-electron chi connectivity index (χ0n) is 11.8. The fraction of sp³-hybridized carbons (Fsp3) is 0.200. The zero-order chi connectivity index (χ0) is 16.7. The van der Waals surface area contributed by atoms with Gasteiger partial charge in [-0.1, -0.05) is 6.07 Å². The molecule has 0 bridgehead atoms. The molecule has 0 aliphatic carbocycles. The quantitative estimate of drug-likeness (QED) is 0.870. The minimum atomic E-state index is -1.02. The van der Waals surface area contributed by atoms with E-state index in [0.29, 0.717) is 5.56 Å². The predicted octanol–water partition coefficient (Wildman–Crippen LogP) is 1.19. The van der Waals surface area contributed by atoms with E-state index in [1.165, 1.54) is 11.0 Å². The lowest BCUT2D eigenvalue weighted by Crippen LogP contribution is -2.43. The molecule has 0 saturated carbocycles. The number of benzene rings is 1. The van der Waals surface area contributed by atoms with E-state index in [1.807, 2.05) is 0 Å². The van der Waals surface area contributed by atoms with Crippen molar-refractivity contribution < 1.29 is 23.8 Å². The van der Waals surface area contributed by atoms with Crippen LogP contribution in [0, 0.1) is 11.6 Å². The van der Waals surface area contributed by atoms with Crippen LogP contribution in [0.1, 0.15) is 16.1 Å². The predicted molar refractivity (Wildman–Crippen MR) is 75.1 cm³/mol. The number of amides is 1. The van der Waals surface area contributed by atoms with Gasteiger partial charge in [0, 0.05) is 25.7 Å². The molecule has 0 saturated heterocycles. The van der Waals surface area contributed by atoms with E-state index in [4.69, 9.17) is 0 Å². The van der Waals surface area contributed by atoms with Gasteiger partial charge in [-0.3, -0.25) is 14.2 Å². The molecule has 1 aromatic heterocycles. The number of hydrogen-bond acceptors (Lipinski definition) is 4. The summed E-state index contributed by atoms with van der Waals surface area (Å²) in [5, 5.41) is 19.3. The van der Waals surface area contributed by atoms with E-state index in [1.54, 1.807) is 0 Å². The van der Waals surface area contributed by atoms with Gasteiger partial charge in [-0.2, -0.15) is 0 Å². The van der Waals surface area contributed by atoms with Crippen LogP contribution in [0.5, 0.6) is 11.5 Å². The third-order valence-corrected chi connectivity index (χ3v) is 3.70. The Morgan fingerprint density at radius 3 is 2.48 bits per heavy atom. The largest absolute Gasteiger partial charge is 0.504 e. The van der Waals surface area contributed by atoms with Gasteiger partial charge >= 0.3 is 0 Å². The maximum Gasteiger partial charge on any atom is 0.274 e. The number of fused-ring (bicyclic) bond motifs is 1. The smallest absolute Gasteiger partial charge is 0.274 e. The Labute approximate surface area is 128 Å². The van der Waals surface area contributed by atoms with E-state index in [0.717, 1.165) is 22.8 Å². The first kappa shape index (κ1) is 15.0. The van der Waals surface area contributed by atoms with Crippen LogP contribution in [0.25, 0.3) is 0 Å². The molecule has 0 atom stereocenters. The number of halogens is 2. The van der Waals surface area contributed by atoms with Crippen LogP contribution in [0.3, 0.4) is 0 Å². The van der Waals surface area contributed by atoms with E-state index in [-0.39, 0.29) is 25.3 Å². The summed E-state index contributed by atoms with van der Waals surface area (Å²) in [7, 11) is 0. The van der Waals surface area contributed by atoms with Crippen molar-refractivity contribution in [2.75, 3.05) is 6.54 Å². The second kappa shape index (κ2) is 5.38. The lowest BCUT2D eigenvalue weighted by Gasteiger charge is -2.30. The molecule has 1 aliphatic heterocycles. The Bertz CT molecular complexity index is 863. The Kier molecular flexibility index (Phi) is 3.51. The molecule has 1 amide bonds. The number of aromatic nitrogens is 1. The molecule has 0 radical (unpaired) electrons. The summed E-state index contributed by atoms with van der Waals surface area (Å²) >= 11 is 0. The number of carbonyl (C=O) groups excluding carboxylic acids is 1. The average Bonchev–Trinajstić information content (AvgIpc) is 2.50. The zero-order valence-corrected chi connectivity index (χ0v) is 11.8. The van der Waals surface area contributed by atoms with Crippen molar-refractivity contribution in [1.29, 1.82) is 0 Å². The van der Waals surface area contributed by atoms with Gasteiger partial charge in [-0.05, 0) is 17.7 Å². The van der Waals surface area contributed by atoms with Crippen molar-refractivity contribution in [3.63, 3.8) is 0 Å². The molecule has 2 aromatic rings. The second-order valence-corrected chi connectivity index (χ2v) is 5.19. The molecule has 0 unspecified atom stereocenters. The van der Waals surface area contributed by atoms with Gasteiger partial charge in [0.1, 0.15) is 0 Å². The standard InChI is InChI=1S/C15H12F2N2O4/c16-9-2-1-8(5-10(9)17)7-18-3-4-19-12(21)6-11(20)14(22)13(19)15(18)23/h1-2,5-6,20,22H,3-4,7H2. The normalized spacial score (nSPS) is 14.0. The highest BCUT2D eigenvalue weighted by Crippen LogP contribution is 2.29. The molecule has 3 rings (SSSR count). The van der Waals surface area contributed by atoms with Gasteiger partial charge in [0.25, 0.3) is 11.5 Å². The highest BCUT2D eigenvalue weighted by Gasteiger charge is 2.30. The molecule has 1 aliphatic rings. The summed E-state index contributed by atoms with van der Waals surface area (Å²) in [6, 6.07) is 4.11. The highest BCUT2D eigenvalue weighted by molar-refractivity contribution is 5.96. The molecule has 1 aromatic carbocycles. The summed E-state index contributed by atoms with van der Waals surface area (Å²) in [4.78, 5) is 25.5. The van der Waals surface area contributed by atoms with E-state index >= 15 is 0 Å². The van der Waals surface area contributed by atoms with Crippen LogP contribution in [0.4, 0.5) is 8.78 Å². The van der Waals surface area contributed by atoms with Gasteiger partial charge in [0.15, 0.2) is 28.8 Å². The molecule has 0 fully saturated rings. The Morgan fingerprint density at radius 1 is 1.04 bits per heavy atom. The molecule has 23 heavy (non-hydrogen) atoms. The van der Waals surface area contributed by atoms with Crippen molar-refractivity contribution in [3.05, 3.63) is 57.5 Å². The maximum atomic E-state index is 13.2. The fourth-order valence-corrected chi connectivity index (χ4v) is 2.54. The summed E-state index contributed by atoms with van der Waals surface area (Å²) in [5.41, 5.74) is -0.548. The van der Waals surface area contributed by atoms with Gasteiger partial charge in [-0.15, -0.1) is 0 Å². The molecule has 0 spiro atoms. The van der Waals surface area contributed by atoms with Crippen LogP contribution in [-0.4, -0.2) is 32.1 Å². The molecular weight excluding hydrogens is 310 g/mol. The lowest BCUT2D eigenvalue weighted by atomic mass is 10.1. The van der Waals surface area contributed by atoms with Crippen LogP contribution in [0.2, 0.25) is 0 Å². The Morgan fingerprint density at radius 2 is 1.78 bits per heavy atom. The highest BCUT2D eigenvalue weighted by atomic mass is 19.2. The number of pyridine rings is 1. The van der Waals surface area contributed by atoms with E-state index in [9.17, 15) is 28.6 Å². The SMILES string of the molecule is O=C1c2c(O)c(O)cc(=O)n2CCN1Cc1ccc(F)c(F)c1. The molecule has 6 nitrogen and oxygen atoms in total. The second-order valence-electron chi connectivity index (χ2n) is 5.19. The Hall–Kier alpha value is -2.90. The number of rotatable bonds is 2. The number of hydrogen-bond donors (Lipinski definition) is 2. The van der Waals surface area contributed by atoms with Crippen LogP contribution >= 0.6 is 0 Å². The minimum Gasteiger partial charge on any atom is -0.504 e. The van der Waals surface area contributed by atoms with Crippen molar-refractivity contribution in [2.45, 2.75) is 13.1 Å². The Balaban J connectivity index is 1.95. The first-order valence-corrected chi connectivity index (χ1v) is 6.77. The van der Waals surface area contributed by atoms with Crippen molar-refractivity contribution in [3.8, 4) is 11.5 Å². The fourth-order valence-electron chi connectivity index (χ4n) is 2.54. The molecular formula is C15H12F2N2O4. The van der Waals surface area contributed by atoms with Gasteiger partial charge in [-0.25, -0.2) is 8.78 Å². The van der Waals surface area contributed by atoms with Gasteiger partial charge in [0.05, 0.1) is 0 Å². The lowest BCUT2D eigenvalue weighted by molar-refractivity contribution is 0.0680. The topological polar surface area (TPSA) is 82.8 Å². The summed E-state index contributed by atoms with van der Waals surface area (Å²) in [6.45, 7) is 0.270. The van der Waals surface area contributed by atoms with E-state index < -0.39 is 34.6 Å². The maximum absolute atomic E-state index is 13.2. The average molecular weight is 322 g/mol. The minimum absolute atomic E-state index is 0.0146. The van der Waals surface area contributed by atoms with E-state index in [2.05, 4.69) is 0 Å². The van der Waals surface area contributed by atoms with Gasteiger partial charge < -0.3 is 15.1 Å². The molecule has 2 N–H and O–H groups in total. The van der Waals surface area contributed by atoms with Crippen molar-refractivity contribution in [1.82, 2.24) is 9.47 Å². The van der Waals surface area contributed by atoms with Crippen LogP contribution < -0.4 is 5.56 Å². The molecule has 2 heterocycles. The number of carbonyl (C=O) groups is 1. The van der Waals surface area contributed by atoms with Crippen LogP contribution in [-0.2, 0) is 13.1 Å². The molecule has 8 heteroatoms. The van der Waals surface area contributed by atoms with Crippen molar-refractivity contribution >= 4 is 5.91 Å². The third kappa shape index (κ3) is 2.52. The first-order chi connectivity index (χ1) is 10.9. The summed E-state index contributed by atoms with van der Waals surface area (Å²) in [5.74, 6) is -4.04. The summed E-state index contributed by atoms with van der Waals surface area (Å²) in [6.07, 6.45) is 0. The summed E-state index contributed by atoms with van der Waals surface area (Å²) < 4.78 is 27.2. The van der Waals surface area contributed by atoms with Crippen LogP contribution in [0.15, 0.2) is 29.1 Å². The monoisotopic (exact) mass is 322 g/mol.